The Kier molecular flexibility index (Phi) is 6.98. The molecule has 1 heteroatoms. The minimum absolute atomic E-state index is 0.377. The van der Waals surface area contributed by atoms with Gasteiger partial charge in [-0.15, -0.1) is 0 Å². The van der Waals surface area contributed by atoms with Crippen LogP contribution in [0.2, 0.25) is 0 Å². The van der Waals surface area contributed by atoms with Crippen LogP contribution in [0.25, 0.3) is 33.4 Å². The van der Waals surface area contributed by atoms with Crippen LogP contribution in [0.4, 0.5) is 17.1 Å². The second-order valence-corrected chi connectivity index (χ2v) is 16.2. The van der Waals surface area contributed by atoms with Gasteiger partial charge in [-0.05, 0) is 96.1 Å². The molecule has 0 N–H and O–H groups in total. The number of nitrogens with zero attached hydrogens (tertiary/aromatic N) is 1. The molecule has 12 rings (SSSR count). The average Bonchev–Trinajstić information content (AvgIpc) is 3.89. The van der Waals surface area contributed by atoms with Gasteiger partial charge in [0, 0.05) is 24.3 Å². The van der Waals surface area contributed by atoms with Crippen LogP contribution in [0.3, 0.4) is 0 Å². The highest BCUT2D eigenvalue weighted by atomic mass is 15.3. The van der Waals surface area contributed by atoms with Crippen LogP contribution in [0.15, 0.2) is 224 Å². The largest absolute Gasteiger partial charge is 0.229 e. The maximum absolute atomic E-state index is 2.52. The Morgan fingerprint density at radius 1 is 0.259 bits per heavy atom. The van der Waals surface area contributed by atoms with Gasteiger partial charge in [-0.1, -0.05) is 182 Å². The van der Waals surface area contributed by atoms with E-state index in [4.69, 9.17) is 0 Å². The third kappa shape index (κ3) is 4.13. The minimum atomic E-state index is -0.488. The molecule has 0 saturated carbocycles. The zero-order chi connectivity index (χ0) is 38.5. The predicted octanol–water partition coefficient (Wildman–Crippen LogP) is 14.0. The third-order valence-electron chi connectivity index (χ3n) is 13.7. The van der Waals surface area contributed by atoms with Gasteiger partial charge in [-0.3, -0.25) is 0 Å². The summed E-state index contributed by atoms with van der Waals surface area (Å²) in [6.45, 7) is 0. The molecule has 1 atom stereocenters. The van der Waals surface area contributed by atoms with E-state index in [0.717, 1.165) is 0 Å². The highest BCUT2D eigenvalue weighted by Crippen LogP contribution is 2.64. The molecule has 58 heavy (non-hydrogen) atoms. The van der Waals surface area contributed by atoms with E-state index in [9.17, 15) is 0 Å². The van der Waals surface area contributed by atoms with Gasteiger partial charge in [0.05, 0.1) is 17.9 Å². The fraction of sp³-hybridized carbons (Fsp3) is 0.0526. The Balaban J connectivity index is 1.13. The fourth-order valence-electron chi connectivity index (χ4n) is 11.2. The number of para-hydroxylation sites is 1. The quantitative estimate of drug-likeness (QED) is 0.154. The van der Waals surface area contributed by atoms with Crippen LogP contribution in [0.5, 0.6) is 0 Å². The second kappa shape index (κ2) is 12.2. The van der Waals surface area contributed by atoms with Crippen molar-refractivity contribution in [2.75, 3.05) is 7.05 Å². The summed E-state index contributed by atoms with van der Waals surface area (Å²) in [6.07, 6.45) is 0. The number of benzene rings is 9. The van der Waals surface area contributed by atoms with Crippen LogP contribution in [-0.2, 0) is 10.8 Å². The molecule has 0 aliphatic heterocycles. The van der Waals surface area contributed by atoms with Crippen LogP contribution in [0.1, 0.15) is 44.5 Å². The maximum atomic E-state index is 2.52. The van der Waals surface area contributed by atoms with Crippen molar-refractivity contribution in [3.05, 3.63) is 269 Å². The Labute approximate surface area is 340 Å². The third-order valence-corrected chi connectivity index (χ3v) is 13.7. The van der Waals surface area contributed by atoms with Crippen molar-refractivity contribution < 1.29 is 0 Å². The SMILES string of the molecule is C[N+](c1ccccc1)(c1ccc2c(c1)-c1ccccc1C21c2ccccc2-c2ccccc21)c1ccc2c(c1)C(c1ccccc1)(c1ccccc1)c1ccccc1-2. The van der Waals surface area contributed by atoms with Gasteiger partial charge in [0.15, 0.2) is 0 Å². The topological polar surface area (TPSA) is 0 Å². The molecule has 272 valence electrons. The number of quaternary nitrogens is 1. The van der Waals surface area contributed by atoms with E-state index >= 15 is 0 Å². The lowest BCUT2D eigenvalue weighted by molar-refractivity contribution is 0.624. The van der Waals surface area contributed by atoms with Gasteiger partial charge >= 0.3 is 0 Å². The summed E-state index contributed by atoms with van der Waals surface area (Å²) in [5.41, 5.74) is 21.3. The average molecular weight is 739 g/mol. The molecule has 9 aromatic rings. The molecular formula is C57H40N+. The Morgan fingerprint density at radius 3 is 1.14 bits per heavy atom. The van der Waals surface area contributed by atoms with E-state index in [0.29, 0.717) is 4.48 Å². The second-order valence-electron chi connectivity index (χ2n) is 16.2. The maximum Gasteiger partial charge on any atom is 0.143 e. The molecule has 1 spiro atoms. The summed E-state index contributed by atoms with van der Waals surface area (Å²) in [4.78, 5) is 0. The van der Waals surface area contributed by atoms with Crippen molar-refractivity contribution >= 4 is 17.1 Å². The van der Waals surface area contributed by atoms with Crippen LogP contribution in [0, 0.1) is 0 Å². The normalized spacial score (nSPS) is 15.4. The molecule has 0 radical (unpaired) electrons. The Morgan fingerprint density at radius 2 is 0.621 bits per heavy atom. The van der Waals surface area contributed by atoms with Crippen LogP contribution >= 0.6 is 0 Å². The summed E-state index contributed by atoms with van der Waals surface area (Å²) in [7, 11) is 2.38. The molecule has 0 heterocycles. The molecule has 0 fully saturated rings. The van der Waals surface area contributed by atoms with Crippen molar-refractivity contribution in [1.82, 2.24) is 4.48 Å². The smallest absolute Gasteiger partial charge is 0.143 e. The van der Waals surface area contributed by atoms with E-state index in [-0.39, 0.29) is 5.41 Å². The van der Waals surface area contributed by atoms with Gasteiger partial charge < -0.3 is 0 Å². The van der Waals surface area contributed by atoms with E-state index in [1.165, 1.54) is 95.0 Å². The van der Waals surface area contributed by atoms with Gasteiger partial charge in [-0.25, -0.2) is 4.48 Å². The zero-order valence-electron chi connectivity index (χ0n) is 32.3. The van der Waals surface area contributed by atoms with Crippen molar-refractivity contribution in [2.45, 2.75) is 10.8 Å². The van der Waals surface area contributed by atoms with E-state index in [1.807, 2.05) is 0 Å². The molecule has 0 aromatic heterocycles. The lowest BCUT2D eigenvalue weighted by Crippen LogP contribution is -2.35. The predicted molar refractivity (Wildman–Crippen MR) is 240 cm³/mol. The molecule has 3 aliphatic rings. The standard InChI is InChI=1S/C57H40N/c1-58(41-23-9-4-10-24-41,43-33-35-48-46-27-11-15-29-50(46)56(55(48)38-43,39-19-5-2-6-20-39)40-21-7-3-8-22-40)42-34-36-54-49(37-42)47-28-14-18-32-53(47)57(54)51-30-16-12-25-44(51)45-26-13-17-31-52(45)57/h2-38H,1H3/q+1. The van der Waals surface area contributed by atoms with E-state index in [2.05, 4.69) is 232 Å². The van der Waals surface area contributed by atoms with Crippen molar-refractivity contribution in [3.63, 3.8) is 0 Å². The minimum Gasteiger partial charge on any atom is -0.229 e. The highest BCUT2D eigenvalue weighted by molar-refractivity contribution is 5.96. The van der Waals surface area contributed by atoms with Crippen molar-refractivity contribution in [3.8, 4) is 33.4 Å². The summed E-state index contributed by atoms with van der Waals surface area (Å²) in [5.74, 6) is 0. The highest BCUT2D eigenvalue weighted by Gasteiger charge is 2.52. The van der Waals surface area contributed by atoms with Crippen molar-refractivity contribution in [1.29, 1.82) is 0 Å². The molecular weight excluding hydrogens is 699 g/mol. The summed E-state index contributed by atoms with van der Waals surface area (Å²) in [5, 5.41) is 0. The van der Waals surface area contributed by atoms with Gasteiger partial charge in [0.2, 0.25) is 0 Å². The number of fused-ring (bicyclic) bond motifs is 13. The lowest BCUT2D eigenvalue weighted by atomic mass is 9.67. The monoisotopic (exact) mass is 738 g/mol. The molecule has 9 aromatic carbocycles. The summed E-state index contributed by atoms with van der Waals surface area (Å²) >= 11 is 0. The first kappa shape index (κ1) is 33.1. The molecule has 3 aliphatic carbocycles. The van der Waals surface area contributed by atoms with Gasteiger partial charge in [0.1, 0.15) is 17.1 Å². The number of hydrogen-bond acceptors (Lipinski definition) is 0. The summed E-state index contributed by atoms with van der Waals surface area (Å²) < 4.78 is 0.500. The van der Waals surface area contributed by atoms with Gasteiger partial charge in [-0.2, -0.15) is 0 Å². The zero-order valence-corrected chi connectivity index (χ0v) is 32.3. The first-order chi connectivity index (χ1) is 28.7. The first-order valence-corrected chi connectivity index (χ1v) is 20.4. The van der Waals surface area contributed by atoms with Gasteiger partial charge in [0.25, 0.3) is 0 Å². The summed E-state index contributed by atoms with van der Waals surface area (Å²) in [6, 6.07) is 84.2. The fourth-order valence-corrected chi connectivity index (χ4v) is 11.2. The molecule has 0 saturated heterocycles. The first-order valence-electron chi connectivity index (χ1n) is 20.4. The van der Waals surface area contributed by atoms with Crippen LogP contribution in [-0.4, -0.2) is 7.05 Å². The molecule has 1 nitrogen and oxygen atoms in total. The van der Waals surface area contributed by atoms with Crippen LogP contribution < -0.4 is 4.48 Å². The molecule has 1 unspecified atom stereocenters. The molecule has 0 amide bonds. The van der Waals surface area contributed by atoms with E-state index in [1.54, 1.807) is 0 Å². The lowest BCUT2D eigenvalue weighted by Gasteiger charge is -2.37. The number of hydrogen-bond donors (Lipinski definition) is 0. The number of rotatable bonds is 5. The Hall–Kier alpha value is -7.06. The van der Waals surface area contributed by atoms with E-state index < -0.39 is 5.41 Å². The Bertz CT molecular complexity index is 2990. The molecule has 0 bridgehead atoms. The van der Waals surface area contributed by atoms with Crippen molar-refractivity contribution in [2.24, 2.45) is 0 Å².